The van der Waals surface area contributed by atoms with Crippen molar-refractivity contribution < 1.29 is 9.53 Å². The van der Waals surface area contributed by atoms with Crippen LogP contribution in [0.2, 0.25) is 0 Å². The van der Waals surface area contributed by atoms with E-state index in [0.717, 1.165) is 32.5 Å². The molecule has 3 fully saturated rings. The number of fused-ring (bicyclic) bond motifs is 5. The van der Waals surface area contributed by atoms with Gasteiger partial charge in [0.25, 0.3) is 0 Å². The van der Waals surface area contributed by atoms with Crippen molar-refractivity contribution in [2.45, 2.75) is 44.8 Å². The van der Waals surface area contributed by atoms with Crippen molar-refractivity contribution in [1.82, 2.24) is 10.2 Å². The largest absolute Gasteiger partial charge is 0.374 e. The van der Waals surface area contributed by atoms with E-state index in [2.05, 4.69) is 17.1 Å². The molecule has 0 saturated carbocycles. The minimum atomic E-state index is 0.191. The fourth-order valence-corrected chi connectivity index (χ4v) is 3.84. The summed E-state index contributed by atoms with van der Waals surface area (Å²) in [5.41, 5.74) is 0. The van der Waals surface area contributed by atoms with E-state index in [4.69, 9.17) is 4.74 Å². The molecule has 3 saturated heterocycles. The highest BCUT2D eigenvalue weighted by Crippen LogP contribution is 2.46. The lowest BCUT2D eigenvalue weighted by Crippen LogP contribution is -2.37. The van der Waals surface area contributed by atoms with Crippen molar-refractivity contribution in [3.8, 4) is 0 Å². The molecule has 4 heteroatoms. The minimum Gasteiger partial charge on any atom is -0.374 e. The molecule has 4 atom stereocenters. The zero-order chi connectivity index (χ0) is 12.5. The average Bonchev–Trinajstić information content (AvgIpc) is 2.99. The van der Waals surface area contributed by atoms with E-state index in [9.17, 15) is 4.79 Å². The lowest BCUT2D eigenvalue weighted by Gasteiger charge is -2.18. The van der Waals surface area contributed by atoms with Gasteiger partial charge in [-0.3, -0.25) is 9.69 Å². The highest BCUT2D eigenvalue weighted by Gasteiger charge is 2.52. The Balaban J connectivity index is 1.44. The second-order valence-electron chi connectivity index (χ2n) is 6.02. The summed E-state index contributed by atoms with van der Waals surface area (Å²) in [6, 6.07) is 0. The molecule has 2 bridgehead atoms. The molecule has 0 spiro atoms. The molecule has 0 radical (unpaired) electrons. The van der Waals surface area contributed by atoms with Gasteiger partial charge in [-0.25, -0.2) is 0 Å². The molecular formula is C14H24N2O2. The summed E-state index contributed by atoms with van der Waals surface area (Å²) < 4.78 is 5.94. The molecule has 0 unspecified atom stereocenters. The van der Waals surface area contributed by atoms with Gasteiger partial charge >= 0.3 is 0 Å². The van der Waals surface area contributed by atoms with Gasteiger partial charge < -0.3 is 10.1 Å². The molecule has 1 N–H and O–H groups in total. The van der Waals surface area contributed by atoms with Crippen LogP contribution in [-0.4, -0.2) is 49.2 Å². The molecule has 4 nitrogen and oxygen atoms in total. The first-order chi connectivity index (χ1) is 8.78. The standard InChI is InChI=1S/C14H24N2O2/c1-2-3-6-15-14(17)9-16-7-10-11(8-16)13-5-4-12(10)18-13/h10-13H,2-9H2,1H3,(H,15,17)/t10-,11-,12+,13+/m0/s1. The molecule has 3 aliphatic heterocycles. The highest BCUT2D eigenvalue weighted by atomic mass is 16.5. The van der Waals surface area contributed by atoms with Crippen LogP contribution in [0.15, 0.2) is 0 Å². The van der Waals surface area contributed by atoms with E-state index >= 15 is 0 Å². The highest BCUT2D eigenvalue weighted by molar-refractivity contribution is 5.78. The van der Waals surface area contributed by atoms with Gasteiger partial charge in [0, 0.05) is 31.5 Å². The van der Waals surface area contributed by atoms with Crippen LogP contribution >= 0.6 is 0 Å². The molecule has 0 aromatic rings. The van der Waals surface area contributed by atoms with Crippen LogP contribution < -0.4 is 5.32 Å². The number of nitrogens with one attached hydrogen (secondary N) is 1. The maximum atomic E-state index is 11.8. The Morgan fingerprint density at radius 2 is 1.94 bits per heavy atom. The Hall–Kier alpha value is -0.610. The van der Waals surface area contributed by atoms with E-state index < -0.39 is 0 Å². The second-order valence-corrected chi connectivity index (χ2v) is 6.02. The number of likely N-dealkylation sites (tertiary alicyclic amines) is 1. The lowest BCUT2D eigenvalue weighted by atomic mass is 9.82. The topological polar surface area (TPSA) is 41.6 Å². The van der Waals surface area contributed by atoms with Crippen molar-refractivity contribution in [1.29, 1.82) is 0 Å². The molecule has 0 aliphatic carbocycles. The fourth-order valence-electron chi connectivity index (χ4n) is 3.84. The summed E-state index contributed by atoms with van der Waals surface area (Å²) in [5, 5.41) is 3.00. The Morgan fingerprint density at radius 3 is 2.56 bits per heavy atom. The average molecular weight is 252 g/mol. The van der Waals surface area contributed by atoms with Crippen LogP contribution in [-0.2, 0) is 9.53 Å². The van der Waals surface area contributed by atoms with Crippen molar-refractivity contribution >= 4 is 5.91 Å². The molecule has 18 heavy (non-hydrogen) atoms. The molecule has 3 aliphatic rings. The van der Waals surface area contributed by atoms with Crippen LogP contribution in [0.1, 0.15) is 32.6 Å². The summed E-state index contributed by atoms with van der Waals surface area (Å²) >= 11 is 0. The number of nitrogens with zero attached hydrogens (tertiary/aromatic N) is 1. The SMILES string of the molecule is CCCCNC(=O)CN1C[C@H]2[C@H](C1)[C@H]1CC[C@H]2O1. The lowest BCUT2D eigenvalue weighted by molar-refractivity contribution is -0.122. The van der Waals surface area contributed by atoms with Crippen molar-refractivity contribution in [2.75, 3.05) is 26.2 Å². The number of hydrogen-bond acceptors (Lipinski definition) is 3. The molecular weight excluding hydrogens is 228 g/mol. The van der Waals surface area contributed by atoms with E-state index in [0.29, 0.717) is 30.6 Å². The molecule has 3 rings (SSSR count). The number of carbonyl (C=O) groups is 1. The number of rotatable bonds is 5. The van der Waals surface area contributed by atoms with E-state index in [1.54, 1.807) is 0 Å². The van der Waals surface area contributed by atoms with Crippen LogP contribution in [0.25, 0.3) is 0 Å². The fraction of sp³-hybridized carbons (Fsp3) is 0.929. The second kappa shape index (κ2) is 5.17. The number of ether oxygens (including phenoxy) is 1. The number of unbranched alkanes of at least 4 members (excludes halogenated alkanes) is 1. The Bertz CT molecular complexity index is 303. The molecule has 0 aromatic heterocycles. The number of hydrogen-bond donors (Lipinski definition) is 1. The number of carbonyl (C=O) groups excluding carboxylic acids is 1. The smallest absolute Gasteiger partial charge is 0.234 e. The molecule has 3 heterocycles. The molecule has 102 valence electrons. The first-order valence-corrected chi connectivity index (χ1v) is 7.42. The monoisotopic (exact) mass is 252 g/mol. The van der Waals surface area contributed by atoms with Gasteiger partial charge in [-0.1, -0.05) is 13.3 Å². The maximum absolute atomic E-state index is 11.8. The van der Waals surface area contributed by atoms with E-state index in [-0.39, 0.29) is 5.91 Å². The van der Waals surface area contributed by atoms with E-state index in [1.807, 2.05) is 0 Å². The third-order valence-electron chi connectivity index (χ3n) is 4.75. The van der Waals surface area contributed by atoms with Crippen molar-refractivity contribution in [3.63, 3.8) is 0 Å². The molecule has 1 amide bonds. The predicted molar refractivity (Wildman–Crippen MR) is 69.2 cm³/mol. The van der Waals surface area contributed by atoms with Crippen LogP contribution in [0.3, 0.4) is 0 Å². The Morgan fingerprint density at radius 1 is 1.28 bits per heavy atom. The summed E-state index contributed by atoms with van der Waals surface area (Å²) in [7, 11) is 0. The normalized spacial score (nSPS) is 38.1. The van der Waals surface area contributed by atoms with Gasteiger partial charge in [-0.2, -0.15) is 0 Å². The summed E-state index contributed by atoms with van der Waals surface area (Å²) in [4.78, 5) is 14.1. The summed E-state index contributed by atoms with van der Waals surface area (Å²) in [6.07, 6.45) is 5.68. The third-order valence-corrected chi connectivity index (χ3v) is 4.75. The molecule has 0 aromatic carbocycles. The summed E-state index contributed by atoms with van der Waals surface area (Å²) in [5.74, 6) is 1.59. The Kier molecular flexibility index (Phi) is 3.57. The van der Waals surface area contributed by atoms with Crippen LogP contribution in [0.5, 0.6) is 0 Å². The Labute approximate surface area is 109 Å². The first kappa shape index (κ1) is 12.4. The van der Waals surface area contributed by atoms with Gasteiger partial charge in [0.05, 0.1) is 18.8 Å². The van der Waals surface area contributed by atoms with Gasteiger partial charge in [0.2, 0.25) is 5.91 Å². The number of amides is 1. The summed E-state index contributed by atoms with van der Waals surface area (Å²) in [6.45, 7) is 5.67. The van der Waals surface area contributed by atoms with Crippen molar-refractivity contribution in [2.24, 2.45) is 11.8 Å². The minimum absolute atomic E-state index is 0.191. The van der Waals surface area contributed by atoms with Crippen LogP contribution in [0, 0.1) is 11.8 Å². The van der Waals surface area contributed by atoms with Crippen LogP contribution in [0.4, 0.5) is 0 Å². The van der Waals surface area contributed by atoms with Gasteiger partial charge in [0.1, 0.15) is 0 Å². The van der Waals surface area contributed by atoms with E-state index in [1.165, 1.54) is 12.8 Å². The zero-order valence-corrected chi connectivity index (χ0v) is 11.2. The van der Waals surface area contributed by atoms with Gasteiger partial charge in [-0.15, -0.1) is 0 Å². The zero-order valence-electron chi connectivity index (χ0n) is 11.2. The first-order valence-electron chi connectivity index (χ1n) is 7.42. The van der Waals surface area contributed by atoms with Gasteiger partial charge in [0.15, 0.2) is 0 Å². The quantitative estimate of drug-likeness (QED) is 0.743. The van der Waals surface area contributed by atoms with Crippen molar-refractivity contribution in [3.05, 3.63) is 0 Å². The maximum Gasteiger partial charge on any atom is 0.234 e. The third kappa shape index (κ3) is 2.28. The predicted octanol–water partition coefficient (Wildman–Crippen LogP) is 1.01. The van der Waals surface area contributed by atoms with Gasteiger partial charge in [-0.05, 0) is 19.3 Å².